The number of halogens is 1. The number of thioether (sulfide) groups is 1. The van der Waals surface area contributed by atoms with Crippen molar-refractivity contribution >= 4 is 58.5 Å². The van der Waals surface area contributed by atoms with Gasteiger partial charge in [0, 0.05) is 16.1 Å². The first-order valence-corrected chi connectivity index (χ1v) is 14.5. The number of amides is 3. The standard InChI is InChI=1S/C33H30ClN3O4S/c1-3-30(33(40)36-28-15-8-7-14-27(28)34)42-26-13-9-12-24(21-26)35-32(39)29(20-22-16-18-25(41-2)19-17-22)37-31(38)23-10-5-4-6-11-23/h4-21,30H,3H2,1-2H3,(H,35,39)(H,36,40)(H,37,38)/b29-20+. The molecule has 4 rings (SSSR count). The van der Waals surface area contributed by atoms with Crippen molar-refractivity contribution in [3.05, 3.63) is 125 Å². The third-order valence-electron chi connectivity index (χ3n) is 6.12. The minimum Gasteiger partial charge on any atom is -0.497 e. The summed E-state index contributed by atoms with van der Waals surface area (Å²) in [6.07, 6.45) is 2.18. The van der Waals surface area contributed by atoms with Gasteiger partial charge in [-0.1, -0.05) is 67.1 Å². The molecule has 0 fully saturated rings. The summed E-state index contributed by atoms with van der Waals surface area (Å²) in [5.74, 6) is -0.406. The number of carbonyl (C=O) groups is 3. The lowest BCUT2D eigenvalue weighted by atomic mass is 10.1. The van der Waals surface area contributed by atoms with E-state index in [4.69, 9.17) is 16.3 Å². The van der Waals surface area contributed by atoms with Crippen LogP contribution in [0.4, 0.5) is 11.4 Å². The van der Waals surface area contributed by atoms with Crippen LogP contribution >= 0.6 is 23.4 Å². The van der Waals surface area contributed by atoms with Crippen molar-refractivity contribution in [2.24, 2.45) is 0 Å². The number of anilines is 2. The van der Waals surface area contributed by atoms with Gasteiger partial charge in [-0.25, -0.2) is 0 Å². The third-order valence-corrected chi connectivity index (χ3v) is 7.81. The Balaban J connectivity index is 1.51. The normalized spacial score (nSPS) is 11.7. The Hall–Kier alpha value is -4.53. The van der Waals surface area contributed by atoms with Gasteiger partial charge in [-0.3, -0.25) is 14.4 Å². The maximum absolute atomic E-state index is 13.4. The summed E-state index contributed by atoms with van der Waals surface area (Å²) in [6.45, 7) is 1.93. The van der Waals surface area contributed by atoms with Gasteiger partial charge in [-0.05, 0) is 72.7 Å². The van der Waals surface area contributed by atoms with E-state index in [0.717, 1.165) is 4.90 Å². The Morgan fingerprint density at radius 3 is 2.29 bits per heavy atom. The molecule has 42 heavy (non-hydrogen) atoms. The third kappa shape index (κ3) is 8.49. The second-order valence-electron chi connectivity index (χ2n) is 9.12. The quantitative estimate of drug-likeness (QED) is 0.124. The number of hydrogen-bond acceptors (Lipinski definition) is 5. The maximum Gasteiger partial charge on any atom is 0.272 e. The van der Waals surface area contributed by atoms with Crippen LogP contribution in [-0.2, 0) is 9.59 Å². The second kappa shape index (κ2) is 14.9. The van der Waals surface area contributed by atoms with E-state index in [-0.39, 0.29) is 16.9 Å². The number of carbonyl (C=O) groups excluding carboxylic acids is 3. The predicted octanol–water partition coefficient (Wildman–Crippen LogP) is 7.27. The minimum absolute atomic E-state index is 0.0672. The number of para-hydroxylation sites is 1. The fraction of sp³-hybridized carbons (Fsp3) is 0.121. The molecule has 0 saturated heterocycles. The molecule has 214 valence electrons. The average molecular weight is 600 g/mol. The van der Waals surface area contributed by atoms with Gasteiger partial charge >= 0.3 is 0 Å². The zero-order valence-corrected chi connectivity index (χ0v) is 24.7. The molecular weight excluding hydrogens is 570 g/mol. The first-order valence-electron chi connectivity index (χ1n) is 13.2. The smallest absolute Gasteiger partial charge is 0.272 e. The summed E-state index contributed by atoms with van der Waals surface area (Å²) in [5, 5.41) is 8.58. The highest BCUT2D eigenvalue weighted by molar-refractivity contribution is 8.00. The second-order valence-corrected chi connectivity index (χ2v) is 10.8. The highest BCUT2D eigenvalue weighted by Crippen LogP contribution is 2.30. The summed E-state index contributed by atoms with van der Waals surface area (Å²) in [7, 11) is 1.57. The molecule has 1 atom stereocenters. The van der Waals surface area contributed by atoms with Crippen LogP contribution in [0.15, 0.2) is 114 Å². The molecule has 4 aromatic carbocycles. The average Bonchev–Trinajstić information content (AvgIpc) is 3.01. The lowest BCUT2D eigenvalue weighted by Gasteiger charge is -2.16. The van der Waals surface area contributed by atoms with Crippen molar-refractivity contribution in [2.45, 2.75) is 23.5 Å². The molecule has 0 bridgehead atoms. The van der Waals surface area contributed by atoms with Crippen molar-refractivity contribution in [3.8, 4) is 5.75 Å². The maximum atomic E-state index is 13.4. The Labute approximate surface area is 254 Å². The SMILES string of the molecule is CCC(Sc1cccc(NC(=O)/C(=C\c2ccc(OC)cc2)NC(=O)c2ccccc2)c1)C(=O)Nc1ccccc1Cl. The highest BCUT2D eigenvalue weighted by Gasteiger charge is 2.20. The molecule has 0 radical (unpaired) electrons. The van der Waals surface area contributed by atoms with Gasteiger partial charge in [0.05, 0.1) is 23.1 Å². The molecule has 1 unspecified atom stereocenters. The lowest BCUT2D eigenvalue weighted by Crippen LogP contribution is -2.30. The predicted molar refractivity (Wildman–Crippen MR) is 170 cm³/mol. The number of rotatable bonds is 11. The van der Waals surface area contributed by atoms with E-state index < -0.39 is 11.8 Å². The monoisotopic (exact) mass is 599 g/mol. The van der Waals surface area contributed by atoms with Gasteiger partial charge in [0.2, 0.25) is 5.91 Å². The van der Waals surface area contributed by atoms with Crippen LogP contribution < -0.4 is 20.7 Å². The fourth-order valence-corrected chi connectivity index (χ4v) is 5.11. The van der Waals surface area contributed by atoms with Crippen LogP contribution in [0.2, 0.25) is 5.02 Å². The molecule has 3 amide bonds. The van der Waals surface area contributed by atoms with E-state index >= 15 is 0 Å². The summed E-state index contributed by atoms with van der Waals surface area (Å²) >= 11 is 7.59. The fourth-order valence-electron chi connectivity index (χ4n) is 3.92. The van der Waals surface area contributed by atoms with E-state index in [1.807, 2.05) is 19.1 Å². The molecular formula is C33H30ClN3O4S. The minimum atomic E-state index is -0.499. The summed E-state index contributed by atoms with van der Waals surface area (Å²) in [5.41, 5.74) is 2.26. The van der Waals surface area contributed by atoms with Gasteiger partial charge in [0.1, 0.15) is 11.4 Å². The zero-order chi connectivity index (χ0) is 29.9. The molecule has 3 N–H and O–H groups in total. The highest BCUT2D eigenvalue weighted by atomic mass is 35.5. The summed E-state index contributed by atoms with van der Waals surface area (Å²) in [6, 6.07) is 30.1. The largest absolute Gasteiger partial charge is 0.497 e. The van der Waals surface area contributed by atoms with Crippen LogP contribution in [0.3, 0.4) is 0 Å². The summed E-state index contributed by atoms with van der Waals surface area (Å²) in [4.78, 5) is 40.1. The Morgan fingerprint density at radius 2 is 1.60 bits per heavy atom. The van der Waals surface area contributed by atoms with Crippen LogP contribution in [0.25, 0.3) is 6.08 Å². The number of ether oxygens (including phenoxy) is 1. The van der Waals surface area contributed by atoms with Gasteiger partial charge in [0.15, 0.2) is 0 Å². The molecule has 0 aliphatic carbocycles. The molecule has 0 heterocycles. The molecule has 0 aliphatic rings. The van der Waals surface area contributed by atoms with Crippen molar-refractivity contribution in [1.29, 1.82) is 0 Å². The van der Waals surface area contributed by atoms with Crippen molar-refractivity contribution < 1.29 is 19.1 Å². The Bertz CT molecular complexity index is 1580. The van der Waals surface area contributed by atoms with Crippen molar-refractivity contribution in [3.63, 3.8) is 0 Å². The van der Waals surface area contributed by atoms with E-state index in [1.54, 1.807) is 104 Å². The Morgan fingerprint density at radius 1 is 0.881 bits per heavy atom. The number of methoxy groups -OCH3 is 1. The zero-order valence-electron chi connectivity index (χ0n) is 23.1. The molecule has 0 saturated carbocycles. The molecule has 4 aromatic rings. The van der Waals surface area contributed by atoms with Crippen LogP contribution in [-0.4, -0.2) is 30.1 Å². The Kier molecular flexibility index (Phi) is 10.8. The molecule has 9 heteroatoms. The van der Waals surface area contributed by atoms with Crippen molar-refractivity contribution in [1.82, 2.24) is 5.32 Å². The molecule has 0 spiro atoms. The summed E-state index contributed by atoms with van der Waals surface area (Å²) < 4.78 is 5.22. The van der Waals surface area contributed by atoms with E-state index in [2.05, 4.69) is 16.0 Å². The first-order chi connectivity index (χ1) is 20.4. The number of benzene rings is 4. The lowest BCUT2D eigenvalue weighted by molar-refractivity contribution is -0.116. The van der Waals surface area contributed by atoms with E-state index in [0.29, 0.717) is 39.7 Å². The molecule has 0 aliphatic heterocycles. The topological polar surface area (TPSA) is 96.5 Å². The number of nitrogens with one attached hydrogen (secondary N) is 3. The van der Waals surface area contributed by atoms with Gasteiger partial charge < -0.3 is 20.7 Å². The van der Waals surface area contributed by atoms with Crippen LogP contribution in [0.5, 0.6) is 5.75 Å². The van der Waals surface area contributed by atoms with E-state index in [9.17, 15) is 14.4 Å². The van der Waals surface area contributed by atoms with E-state index in [1.165, 1.54) is 11.8 Å². The number of hydrogen-bond donors (Lipinski definition) is 3. The van der Waals surface area contributed by atoms with Crippen molar-refractivity contribution in [2.75, 3.05) is 17.7 Å². The van der Waals surface area contributed by atoms with Crippen LogP contribution in [0, 0.1) is 0 Å². The molecule has 0 aromatic heterocycles. The van der Waals surface area contributed by atoms with Crippen LogP contribution in [0.1, 0.15) is 29.3 Å². The van der Waals surface area contributed by atoms with Gasteiger partial charge in [-0.15, -0.1) is 11.8 Å². The van der Waals surface area contributed by atoms with Gasteiger partial charge in [-0.2, -0.15) is 0 Å². The molecule has 7 nitrogen and oxygen atoms in total. The first kappa shape index (κ1) is 30.4. The van der Waals surface area contributed by atoms with Gasteiger partial charge in [0.25, 0.3) is 11.8 Å².